The maximum Gasteiger partial charge on any atom is 0.0571 e. The summed E-state index contributed by atoms with van der Waals surface area (Å²) >= 11 is 5.23. The van der Waals surface area contributed by atoms with Crippen molar-refractivity contribution < 1.29 is 5.11 Å². The first kappa shape index (κ1) is 11.6. The normalized spacial score (nSPS) is 19.6. The van der Waals surface area contributed by atoms with Gasteiger partial charge in [-0.1, -0.05) is 12.8 Å². The molecular weight excluding hydrogens is 272 g/mol. The van der Waals surface area contributed by atoms with Crippen molar-refractivity contribution in [1.29, 1.82) is 0 Å². The minimum absolute atomic E-state index is 0.0756. The van der Waals surface area contributed by atoms with Crippen LogP contribution in [0.4, 0.5) is 0 Å². The molecule has 1 unspecified atom stereocenters. The van der Waals surface area contributed by atoms with Gasteiger partial charge < -0.3 is 5.11 Å². The molecule has 84 valence electrons. The molecule has 0 radical (unpaired) electrons. The fourth-order valence-electron chi connectivity index (χ4n) is 2.35. The fourth-order valence-corrected chi connectivity index (χ4v) is 3.82. The first-order valence-electron chi connectivity index (χ1n) is 5.66. The van der Waals surface area contributed by atoms with Crippen molar-refractivity contribution in [1.82, 2.24) is 0 Å². The summed E-state index contributed by atoms with van der Waals surface area (Å²) in [7, 11) is 0. The van der Waals surface area contributed by atoms with Crippen LogP contribution in [0.1, 0.15) is 37.0 Å². The second kappa shape index (κ2) is 5.46. The van der Waals surface area contributed by atoms with E-state index in [-0.39, 0.29) is 6.10 Å². The summed E-state index contributed by atoms with van der Waals surface area (Å²) in [6.07, 6.45) is 6.96. The zero-order chi connectivity index (χ0) is 10.7. The Morgan fingerprint density at radius 1 is 1.47 bits per heavy atom. The minimum atomic E-state index is -0.0756. The maximum absolute atomic E-state index is 10.0. The highest BCUT2D eigenvalue weighted by molar-refractivity contribution is 9.10. The molecule has 0 aliphatic heterocycles. The number of hydrogen-bond acceptors (Lipinski definition) is 2. The molecule has 1 N–H and O–H groups in total. The maximum atomic E-state index is 10.0. The molecule has 0 saturated heterocycles. The van der Waals surface area contributed by atoms with Crippen LogP contribution in [0.2, 0.25) is 0 Å². The van der Waals surface area contributed by atoms with Crippen molar-refractivity contribution in [2.45, 2.75) is 44.6 Å². The Morgan fingerprint density at radius 3 is 2.80 bits per heavy atom. The van der Waals surface area contributed by atoms with E-state index in [9.17, 15) is 5.11 Å². The Hall–Kier alpha value is 0.140. The van der Waals surface area contributed by atoms with Gasteiger partial charge in [-0.25, -0.2) is 0 Å². The van der Waals surface area contributed by atoms with Gasteiger partial charge in [-0.15, -0.1) is 11.3 Å². The summed E-state index contributed by atoms with van der Waals surface area (Å²) in [5, 5.41) is 12.1. The van der Waals surface area contributed by atoms with Crippen molar-refractivity contribution in [2.75, 3.05) is 0 Å². The van der Waals surface area contributed by atoms with E-state index in [1.165, 1.54) is 30.6 Å². The fraction of sp³-hybridized carbons (Fsp3) is 0.667. The lowest BCUT2D eigenvalue weighted by Crippen LogP contribution is -2.17. The third-order valence-electron chi connectivity index (χ3n) is 3.25. The Kier molecular flexibility index (Phi) is 4.23. The molecule has 3 heteroatoms. The topological polar surface area (TPSA) is 20.2 Å². The highest BCUT2D eigenvalue weighted by Gasteiger charge is 2.22. The molecule has 0 bridgehead atoms. The summed E-state index contributed by atoms with van der Waals surface area (Å²) in [5.41, 5.74) is 0. The summed E-state index contributed by atoms with van der Waals surface area (Å²) in [6.45, 7) is 0. The van der Waals surface area contributed by atoms with Crippen molar-refractivity contribution in [3.8, 4) is 0 Å². The molecule has 0 amide bonds. The van der Waals surface area contributed by atoms with E-state index in [4.69, 9.17) is 0 Å². The molecule has 1 saturated carbocycles. The van der Waals surface area contributed by atoms with Gasteiger partial charge in [0.25, 0.3) is 0 Å². The number of rotatable bonds is 4. The van der Waals surface area contributed by atoms with Gasteiger partial charge in [0.2, 0.25) is 0 Å². The van der Waals surface area contributed by atoms with E-state index in [0.29, 0.717) is 5.92 Å². The molecule has 1 atom stereocenters. The quantitative estimate of drug-likeness (QED) is 0.888. The SMILES string of the molecule is OC(CCc1cc(Br)cs1)C1CCCC1. The molecule has 0 aromatic carbocycles. The summed E-state index contributed by atoms with van der Waals surface area (Å²) < 4.78 is 1.16. The van der Waals surface area contributed by atoms with Crippen molar-refractivity contribution >= 4 is 27.3 Å². The number of aliphatic hydroxyl groups is 1. The first-order valence-corrected chi connectivity index (χ1v) is 7.34. The van der Waals surface area contributed by atoms with Crippen LogP contribution in [0.25, 0.3) is 0 Å². The molecule has 1 heterocycles. The molecule has 1 aromatic heterocycles. The average Bonchev–Trinajstić information content (AvgIpc) is 2.84. The van der Waals surface area contributed by atoms with Gasteiger partial charge in [0, 0.05) is 14.7 Å². The molecule has 1 aromatic rings. The zero-order valence-corrected chi connectivity index (χ0v) is 11.2. The van der Waals surface area contributed by atoms with Crippen LogP contribution < -0.4 is 0 Å². The largest absolute Gasteiger partial charge is 0.393 e. The smallest absolute Gasteiger partial charge is 0.0571 e. The molecule has 0 spiro atoms. The highest BCUT2D eigenvalue weighted by atomic mass is 79.9. The Labute approximate surface area is 104 Å². The standard InChI is InChI=1S/C12H17BrOS/c13-10-7-11(15-8-10)5-6-12(14)9-3-1-2-4-9/h7-9,12,14H,1-6H2. The van der Waals surface area contributed by atoms with Gasteiger partial charge in [-0.2, -0.15) is 0 Å². The van der Waals surface area contributed by atoms with Crippen LogP contribution in [0.15, 0.2) is 15.9 Å². The van der Waals surface area contributed by atoms with Crippen molar-refractivity contribution in [3.05, 3.63) is 20.8 Å². The Balaban J connectivity index is 1.77. The van der Waals surface area contributed by atoms with Gasteiger partial charge in [0.1, 0.15) is 0 Å². The number of aryl methyl sites for hydroxylation is 1. The lowest BCUT2D eigenvalue weighted by atomic mass is 9.97. The second-order valence-electron chi connectivity index (χ2n) is 4.38. The number of halogens is 1. The van der Waals surface area contributed by atoms with E-state index in [1.807, 2.05) is 0 Å². The van der Waals surface area contributed by atoms with E-state index < -0.39 is 0 Å². The van der Waals surface area contributed by atoms with E-state index in [0.717, 1.165) is 17.3 Å². The number of hydrogen-bond donors (Lipinski definition) is 1. The van der Waals surface area contributed by atoms with Gasteiger partial charge in [-0.05, 0) is 53.6 Å². The monoisotopic (exact) mass is 288 g/mol. The number of aliphatic hydroxyl groups excluding tert-OH is 1. The molecule has 1 aliphatic carbocycles. The third kappa shape index (κ3) is 3.30. The van der Waals surface area contributed by atoms with Crippen LogP contribution in [0.3, 0.4) is 0 Å². The highest BCUT2D eigenvalue weighted by Crippen LogP contribution is 2.30. The molecule has 15 heavy (non-hydrogen) atoms. The van der Waals surface area contributed by atoms with Gasteiger partial charge in [0.15, 0.2) is 0 Å². The number of thiophene rings is 1. The van der Waals surface area contributed by atoms with Crippen LogP contribution in [-0.4, -0.2) is 11.2 Å². The lowest BCUT2D eigenvalue weighted by molar-refractivity contribution is 0.102. The van der Waals surface area contributed by atoms with Gasteiger partial charge in [-0.3, -0.25) is 0 Å². The Morgan fingerprint density at radius 2 is 2.20 bits per heavy atom. The lowest BCUT2D eigenvalue weighted by Gasteiger charge is -2.16. The van der Waals surface area contributed by atoms with Gasteiger partial charge >= 0.3 is 0 Å². The van der Waals surface area contributed by atoms with Crippen LogP contribution in [0.5, 0.6) is 0 Å². The average molecular weight is 289 g/mol. The van der Waals surface area contributed by atoms with Crippen LogP contribution in [-0.2, 0) is 6.42 Å². The second-order valence-corrected chi connectivity index (χ2v) is 6.29. The summed E-state index contributed by atoms with van der Waals surface area (Å²) in [4.78, 5) is 1.37. The Bertz CT molecular complexity index is 304. The molecule has 1 aliphatic rings. The minimum Gasteiger partial charge on any atom is -0.393 e. The van der Waals surface area contributed by atoms with E-state index in [1.54, 1.807) is 11.3 Å². The molecule has 1 nitrogen and oxygen atoms in total. The molecule has 2 rings (SSSR count). The predicted octanol–water partition coefficient (Wildman–Crippen LogP) is 3.99. The van der Waals surface area contributed by atoms with Crippen molar-refractivity contribution in [2.24, 2.45) is 5.92 Å². The third-order valence-corrected chi connectivity index (χ3v) is 5.01. The molecular formula is C12H17BrOS. The first-order chi connectivity index (χ1) is 7.25. The van der Waals surface area contributed by atoms with Gasteiger partial charge in [0.05, 0.1) is 6.10 Å². The van der Waals surface area contributed by atoms with Crippen LogP contribution >= 0.6 is 27.3 Å². The summed E-state index contributed by atoms with van der Waals surface area (Å²) in [6, 6.07) is 2.16. The predicted molar refractivity (Wildman–Crippen MR) is 68.3 cm³/mol. The van der Waals surface area contributed by atoms with E-state index in [2.05, 4.69) is 27.4 Å². The van der Waals surface area contributed by atoms with Crippen LogP contribution in [0, 0.1) is 5.92 Å². The van der Waals surface area contributed by atoms with E-state index >= 15 is 0 Å². The summed E-state index contributed by atoms with van der Waals surface area (Å²) in [5.74, 6) is 0.577. The zero-order valence-electron chi connectivity index (χ0n) is 8.79. The molecule has 1 fully saturated rings. The van der Waals surface area contributed by atoms with Crippen molar-refractivity contribution in [3.63, 3.8) is 0 Å².